The van der Waals surface area contributed by atoms with E-state index >= 15 is 0 Å². The molecule has 69 heavy (non-hydrogen) atoms. The zero-order valence-corrected chi connectivity index (χ0v) is 47.2. The number of ether oxygens (including phenoxy) is 4. The highest BCUT2D eigenvalue weighted by Gasteiger charge is 2.21. The summed E-state index contributed by atoms with van der Waals surface area (Å²) in [5.74, 6) is 0.117. The van der Waals surface area contributed by atoms with Gasteiger partial charge in [-0.1, -0.05) is 228 Å². The zero-order valence-electron chi connectivity index (χ0n) is 47.2. The molecule has 0 aromatic carbocycles. The SMILES string of the molecule is CCCCCCCCCC(CCCCCCC)C(=O)OCCCCCCC(CCCCCCOC(=O)C(CCCCCCC)CCCCCCCCC)OC(=O)OCCN(CC)CCN(CC)CC. The third-order valence-electron chi connectivity index (χ3n) is 14.6. The highest BCUT2D eigenvalue weighted by molar-refractivity contribution is 5.72. The molecule has 0 aliphatic carbocycles. The molecule has 2 unspecified atom stereocenters. The number of hydrogen-bond acceptors (Lipinski definition) is 9. The number of unbranched alkanes of at least 4 members (excludes halogenated alkanes) is 26. The van der Waals surface area contributed by atoms with Gasteiger partial charge in [0.1, 0.15) is 12.7 Å². The van der Waals surface area contributed by atoms with Crippen molar-refractivity contribution in [2.24, 2.45) is 11.8 Å². The lowest BCUT2D eigenvalue weighted by Gasteiger charge is -2.25. The minimum Gasteiger partial charge on any atom is -0.465 e. The number of nitrogens with zero attached hydrogens (tertiary/aromatic N) is 2. The molecule has 0 fully saturated rings. The standard InChI is InChI=1S/C60H118N2O7/c1-8-15-19-23-25-29-37-45-55(43-35-27-21-17-10-3)58(63)66-52-41-33-31-39-47-57(69-60(65)68-54-51-62(14-7)50-49-61(12-5)13-6)48-40-32-34-42-53-67-59(64)56(44-36-28-22-18-11-4)46-38-30-26-24-20-16-9-2/h55-57H,8-54H2,1-7H3. The third-order valence-corrected chi connectivity index (χ3v) is 14.6. The van der Waals surface area contributed by atoms with Crippen LogP contribution in [0.5, 0.6) is 0 Å². The van der Waals surface area contributed by atoms with Gasteiger partial charge in [0.25, 0.3) is 0 Å². The van der Waals surface area contributed by atoms with E-state index in [1.807, 2.05) is 0 Å². The summed E-state index contributed by atoms with van der Waals surface area (Å²) in [6.45, 7) is 22.5. The predicted octanol–water partition coefficient (Wildman–Crippen LogP) is 17.4. The lowest BCUT2D eigenvalue weighted by atomic mass is 9.94. The first kappa shape index (κ1) is 67.1. The van der Waals surface area contributed by atoms with Gasteiger partial charge in [0.15, 0.2) is 0 Å². The van der Waals surface area contributed by atoms with Crippen LogP contribution < -0.4 is 0 Å². The molecule has 0 aliphatic rings. The van der Waals surface area contributed by atoms with E-state index in [9.17, 15) is 14.4 Å². The maximum absolute atomic E-state index is 13.2. The maximum atomic E-state index is 13.2. The van der Waals surface area contributed by atoms with Gasteiger partial charge >= 0.3 is 18.1 Å². The van der Waals surface area contributed by atoms with Crippen molar-refractivity contribution in [3.8, 4) is 0 Å². The molecular weight excluding hydrogens is 861 g/mol. The molecule has 9 heteroatoms. The third kappa shape index (κ3) is 43.4. The first-order valence-electron chi connectivity index (χ1n) is 30.4. The molecule has 0 amide bonds. The van der Waals surface area contributed by atoms with Crippen molar-refractivity contribution >= 4 is 18.1 Å². The Kier molecular flexibility index (Phi) is 51.0. The average molecular weight is 980 g/mol. The quantitative estimate of drug-likeness (QED) is 0.0335. The summed E-state index contributed by atoms with van der Waals surface area (Å²) in [5, 5.41) is 0. The normalized spacial score (nSPS) is 12.9. The monoisotopic (exact) mass is 979 g/mol. The fourth-order valence-corrected chi connectivity index (χ4v) is 9.62. The van der Waals surface area contributed by atoms with Crippen molar-refractivity contribution in [1.29, 1.82) is 0 Å². The number of carbonyl (C=O) groups is 3. The van der Waals surface area contributed by atoms with E-state index in [2.05, 4.69) is 58.3 Å². The number of likely N-dealkylation sites (N-methyl/N-ethyl adjacent to an activating group) is 2. The fourth-order valence-electron chi connectivity index (χ4n) is 9.62. The van der Waals surface area contributed by atoms with Gasteiger partial charge in [-0.05, 0) is 83.8 Å². The van der Waals surface area contributed by atoms with Crippen LogP contribution in [0.2, 0.25) is 0 Å². The molecule has 0 aromatic heterocycles. The molecule has 410 valence electrons. The molecule has 0 saturated carbocycles. The van der Waals surface area contributed by atoms with Crippen molar-refractivity contribution in [1.82, 2.24) is 9.80 Å². The second kappa shape index (κ2) is 52.5. The largest absolute Gasteiger partial charge is 0.508 e. The number of hydrogen-bond donors (Lipinski definition) is 0. The van der Waals surface area contributed by atoms with Crippen LogP contribution in [0.3, 0.4) is 0 Å². The zero-order chi connectivity index (χ0) is 50.7. The lowest BCUT2D eigenvalue weighted by molar-refractivity contribution is -0.150. The fraction of sp³-hybridized carbons (Fsp3) is 0.950. The van der Waals surface area contributed by atoms with Gasteiger partial charge < -0.3 is 23.8 Å². The number of rotatable bonds is 54. The van der Waals surface area contributed by atoms with Gasteiger partial charge in [0, 0.05) is 19.6 Å². The number of carbonyl (C=O) groups excluding carboxylic acids is 3. The Morgan fingerprint density at radius 1 is 0.319 bits per heavy atom. The molecule has 2 atom stereocenters. The molecule has 0 saturated heterocycles. The van der Waals surface area contributed by atoms with Crippen LogP contribution in [-0.4, -0.2) is 93.1 Å². The van der Waals surface area contributed by atoms with Crippen LogP contribution in [0, 0.1) is 11.8 Å². The van der Waals surface area contributed by atoms with Gasteiger partial charge in [-0.3, -0.25) is 14.5 Å². The first-order valence-corrected chi connectivity index (χ1v) is 30.4. The van der Waals surface area contributed by atoms with E-state index in [-0.39, 0.29) is 29.9 Å². The summed E-state index contributed by atoms with van der Waals surface area (Å²) >= 11 is 0. The Morgan fingerprint density at radius 3 is 0.971 bits per heavy atom. The van der Waals surface area contributed by atoms with Gasteiger partial charge in [-0.2, -0.15) is 0 Å². The Labute approximate surface area is 429 Å². The Balaban J connectivity index is 5.03. The van der Waals surface area contributed by atoms with Crippen molar-refractivity contribution in [2.75, 3.05) is 59.1 Å². The summed E-state index contributed by atoms with van der Waals surface area (Å²) in [4.78, 5) is 44.2. The molecule has 0 N–H and O–H groups in total. The van der Waals surface area contributed by atoms with Crippen molar-refractivity contribution in [3.63, 3.8) is 0 Å². The minimum atomic E-state index is -0.563. The maximum Gasteiger partial charge on any atom is 0.508 e. The second-order valence-electron chi connectivity index (χ2n) is 20.7. The van der Waals surface area contributed by atoms with E-state index < -0.39 is 6.16 Å². The Hall–Kier alpha value is -1.87. The Bertz CT molecular complexity index is 1040. The molecule has 0 aliphatic heterocycles. The highest BCUT2D eigenvalue weighted by Crippen LogP contribution is 2.23. The van der Waals surface area contributed by atoms with Gasteiger partial charge in [0.05, 0.1) is 25.0 Å². The molecule has 0 radical (unpaired) electrons. The van der Waals surface area contributed by atoms with Crippen LogP contribution >= 0.6 is 0 Å². The summed E-state index contributed by atoms with van der Waals surface area (Å²) in [7, 11) is 0. The molecule has 9 nitrogen and oxygen atoms in total. The second-order valence-corrected chi connectivity index (χ2v) is 20.7. The van der Waals surface area contributed by atoms with Crippen molar-refractivity contribution in [3.05, 3.63) is 0 Å². The molecule has 0 heterocycles. The Morgan fingerprint density at radius 2 is 0.623 bits per heavy atom. The summed E-state index contributed by atoms with van der Waals surface area (Å²) < 4.78 is 23.4. The van der Waals surface area contributed by atoms with E-state index in [4.69, 9.17) is 18.9 Å². The molecule has 0 bridgehead atoms. The predicted molar refractivity (Wildman–Crippen MR) is 293 cm³/mol. The highest BCUT2D eigenvalue weighted by atomic mass is 16.7. The summed E-state index contributed by atoms with van der Waals surface area (Å²) in [6, 6.07) is 0. The van der Waals surface area contributed by atoms with Gasteiger partial charge in [-0.25, -0.2) is 4.79 Å². The van der Waals surface area contributed by atoms with E-state index in [1.165, 1.54) is 128 Å². The molecule has 0 aromatic rings. The molecule has 0 rings (SSSR count). The van der Waals surface area contributed by atoms with E-state index in [1.54, 1.807) is 0 Å². The van der Waals surface area contributed by atoms with Crippen LogP contribution in [0.25, 0.3) is 0 Å². The van der Waals surface area contributed by atoms with Crippen molar-refractivity contribution in [2.45, 2.75) is 299 Å². The lowest BCUT2D eigenvalue weighted by Crippen LogP contribution is -2.37. The van der Waals surface area contributed by atoms with E-state index in [0.29, 0.717) is 26.4 Å². The van der Waals surface area contributed by atoms with Crippen LogP contribution in [0.1, 0.15) is 292 Å². The number of esters is 2. The van der Waals surface area contributed by atoms with Crippen LogP contribution in [0.4, 0.5) is 4.79 Å². The minimum absolute atomic E-state index is 0.0173. The smallest absolute Gasteiger partial charge is 0.465 e. The van der Waals surface area contributed by atoms with Crippen LogP contribution in [-0.2, 0) is 28.5 Å². The van der Waals surface area contributed by atoms with Crippen molar-refractivity contribution < 1.29 is 33.3 Å². The topological polar surface area (TPSA) is 94.6 Å². The van der Waals surface area contributed by atoms with Crippen LogP contribution in [0.15, 0.2) is 0 Å². The molecular formula is C60H118N2O7. The first-order chi connectivity index (χ1) is 33.8. The van der Waals surface area contributed by atoms with Gasteiger partial charge in [-0.15, -0.1) is 0 Å². The molecule has 0 spiro atoms. The van der Waals surface area contributed by atoms with Gasteiger partial charge in [0.2, 0.25) is 0 Å². The summed E-state index contributed by atoms with van der Waals surface area (Å²) in [6.07, 6.45) is 42.3. The summed E-state index contributed by atoms with van der Waals surface area (Å²) in [5.41, 5.74) is 0. The average Bonchev–Trinajstić information content (AvgIpc) is 3.35. The van der Waals surface area contributed by atoms with E-state index in [0.717, 1.165) is 148 Å².